The second kappa shape index (κ2) is 7.35. The molecule has 0 aromatic heterocycles. The molecule has 3 N–H and O–H groups in total. The highest BCUT2D eigenvalue weighted by atomic mass is 32.2. The highest BCUT2D eigenvalue weighted by molar-refractivity contribution is 7.89. The third-order valence-electron chi connectivity index (χ3n) is 3.75. The van der Waals surface area contributed by atoms with Crippen LogP contribution in [0.15, 0.2) is 29.2 Å². The minimum atomic E-state index is -3.65. The van der Waals surface area contributed by atoms with Gasteiger partial charge in [0.15, 0.2) is 0 Å². The lowest BCUT2D eigenvalue weighted by molar-refractivity contribution is 0.220. The molecule has 2 unspecified atom stereocenters. The van der Waals surface area contributed by atoms with E-state index in [1.807, 2.05) is 13.0 Å². The average molecular weight is 313 g/mol. The summed E-state index contributed by atoms with van der Waals surface area (Å²) < 4.78 is 22.8. The van der Waals surface area contributed by atoms with Crippen molar-refractivity contribution in [3.8, 4) is 0 Å². The van der Waals surface area contributed by atoms with Gasteiger partial charge in [0.2, 0.25) is 10.0 Å². The van der Waals surface area contributed by atoms with Crippen LogP contribution in [0.4, 0.5) is 0 Å². The van der Waals surface area contributed by atoms with Crippen LogP contribution in [0.1, 0.15) is 32.4 Å². The van der Waals surface area contributed by atoms with Gasteiger partial charge in [-0.1, -0.05) is 26.0 Å². The summed E-state index contributed by atoms with van der Waals surface area (Å²) in [6, 6.07) is 7.27. The molecule has 0 fully saturated rings. The van der Waals surface area contributed by atoms with E-state index in [1.165, 1.54) is 6.07 Å². The van der Waals surface area contributed by atoms with Gasteiger partial charge in [-0.05, 0) is 44.6 Å². The fourth-order valence-corrected chi connectivity index (χ4v) is 2.96. The quantitative estimate of drug-likeness (QED) is 0.801. The lowest BCUT2D eigenvalue weighted by Gasteiger charge is -2.29. The number of rotatable bonds is 7. The van der Waals surface area contributed by atoms with Crippen molar-refractivity contribution >= 4 is 10.0 Å². The first-order chi connectivity index (χ1) is 9.62. The predicted molar refractivity (Wildman–Crippen MR) is 86.5 cm³/mol. The summed E-state index contributed by atoms with van der Waals surface area (Å²) in [5, 5.41) is 8.64. The zero-order chi connectivity index (χ0) is 16.2. The fraction of sp³-hybridized carbons (Fsp3) is 0.600. The van der Waals surface area contributed by atoms with Gasteiger partial charge in [0.05, 0.1) is 4.90 Å². The maximum atomic E-state index is 11.4. The third-order valence-corrected chi connectivity index (χ3v) is 4.66. The summed E-state index contributed by atoms with van der Waals surface area (Å²) in [6.45, 7) is 7.25. The minimum absolute atomic E-state index is 0.0629. The number of primary sulfonamides is 1. The van der Waals surface area contributed by atoms with Crippen molar-refractivity contribution in [3.05, 3.63) is 29.8 Å². The zero-order valence-electron chi connectivity index (χ0n) is 13.5. The minimum Gasteiger partial charge on any atom is -0.309 e. The van der Waals surface area contributed by atoms with Crippen molar-refractivity contribution in [2.24, 2.45) is 11.1 Å². The molecule has 21 heavy (non-hydrogen) atoms. The molecular formula is C15H27N3O2S. The predicted octanol–water partition coefficient (Wildman–Crippen LogP) is 1.57. The Bertz CT molecular complexity index is 548. The Hall–Kier alpha value is -0.950. The molecule has 0 radical (unpaired) electrons. The molecule has 0 aliphatic rings. The van der Waals surface area contributed by atoms with E-state index in [0.717, 1.165) is 12.1 Å². The maximum absolute atomic E-state index is 11.4. The summed E-state index contributed by atoms with van der Waals surface area (Å²) in [4.78, 5) is 2.35. The first kappa shape index (κ1) is 18.1. The van der Waals surface area contributed by atoms with Gasteiger partial charge in [0.25, 0.3) is 0 Å². The molecule has 0 heterocycles. The Kier molecular flexibility index (Phi) is 6.34. The molecule has 0 aliphatic heterocycles. The number of hydrogen-bond donors (Lipinski definition) is 2. The number of nitrogens with two attached hydrogens (primary N) is 1. The van der Waals surface area contributed by atoms with Crippen LogP contribution in [0.3, 0.4) is 0 Å². The molecule has 2 atom stereocenters. The van der Waals surface area contributed by atoms with Gasteiger partial charge in [-0.2, -0.15) is 0 Å². The van der Waals surface area contributed by atoms with Crippen molar-refractivity contribution in [3.63, 3.8) is 0 Å². The molecule has 120 valence electrons. The molecule has 5 nitrogen and oxygen atoms in total. The second-order valence-electron chi connectivity index (χ2n) is 6.02. The zero-order valence-corrected chi connectivity index (χ0v) is 14.3. The highest BCUT2D eigenvalue weighted by Crippen LogP contribution is 2.17. The van der Waals surface area contributed by atoms with Crippen LogP contribution in [-0.2, 0) is 10.0 Å². The van der Waals surface area contributed by atoms with Crippen LogP contribution in [0.25, 0.3) is 0 Å². The number of likely N-dealkylation sites (N-methyl/N-ethyl adjacent to an activating group) is 1. The monoisotopic (exact) mass is 313 g/mol. The number of sulfonamides is 1. The SMILES string of the molecule is CC(NCC(C(C)C)N(C)C)c1cccc(S(N)(=O)=O)c1. The fourth-order valence-electron chi connectivity index (χ4n) is 2.39. The van der Waals surface area contributed by atoms with Crippen molar-refractivity contribution in [2.45, 2.75) is 37.8 Å². The molecule has 0 aliphatic carbocycles. The smallest absolute Gasteiger partial charge is 0.238 e. The molecule has 1 aromatic carbocycles. The van der Waals surface area contributed by atoms with Crippen molar-refractivity contribution in [1.29, 1.82) is 0 Å². The third kappa shape index (κ3) is 5.39. The topological polar surface area (TPSA) is 75.4 Å². The van der Waals surface area contributed by atoms with E-state index >= 15 is 0 Å². The first-order valence-corrected chi connectivity index (χ1v) is 8.70. The van der Waals surface area contributed by atoms with Crippen molar-refractivity contribution < 1.29 is 8.42 Å². The average Bonchev–Trinajstić information content (AvgIpc) is 2.37. The first-order valence-electron chi connectivity index (χ1n) is 7.15. The van der Waals surface area contributed by atoms with Gasteiger partial charge in [-0.3, -0.25) is 0 Å². The van der Waals surface area contributed by atoms with Gasteiger partial charge in [0.1, 0.15) is 0 Å². The molecule has 1 rings (SSSR count). The second-order valence-corrected chi connectivity index (χ2v) is 7.58. The van der Waals surface area contributed by atoms with Crippen LogP contribution in [0.2, 0.25) is 0 Å². The highest BCUT2D eigenvalue weighted by Gasteiger charge is 2.17. The van der Waals surface area contributed by atoms with Gasteiger partial charge in [-0.15, -0.1) is 0 Å². The van der Waals surface area contributed by atoms with Crippen LogP contribution in [0, 0.1) is 5.92 Å². The Balaban J connectivity index is 2.78. The molecule has 1 aromatic rings. The summed E-state index contributed by atoms with van der Waals surface area (Å²) in [7, 11) is 0.483. The number of hydrogen-bond acceptors (Lipinski definition) is 4. The van der Waals surface area contributed by atoms with Crippen LogP contribution >= 0.6 is 0 Å². The summed E-state index contributed by atoms with van der Waals surface area (Å²) >= 11 is 0. The van der Waals surface area contributed by atoms with Gasteiger partial charge >= 0.3 is 0 Å². The molecule has 0 bridgehead atoms. The van der Waals surface area contributed by atoms with E-state index in [1.54, 1.807) is 12.1 Å². The lowest BCUT2D eigenvalue weighted by Crippen LogP contribution is -2.42. The Morgan fingerprint density at radius 1 is 1.24 bits per heavy atom. The van der Waals surface area contributed by atoms with Gasteiger partial charge in [0, 0.05) is 18.6 Å². The van der Waals surface area contributed by atoms with Crippen LogP contribution < -0.4 is 10.5 Å². The Labute approximate surface area is 128 Å². The maximum Gasteiger partial charge on any atom is 0.238 e. The summed E-state index contributed by atoms with van der Waals surface area (Å²) in [5.41, 5.74) is 0.919. The molecule has 0 amide bonds. The number of benzene rings is 1. The van der Waals surface area contributed by atoms with E-state index < -0.39 is 10.0 Å². The largest absolute Gasteiger partial charge is 0.309 e. The molecular weight excluding hydrogens is 286 g/mol. The standard InChI is InChI=1S/C15H27N3O2S/c1-11(2)15(18(4)5)10-17-12(3)13-7-6-8-14(9-13)21(16,19)20/h6-9,11-12,15,17H,10H2,1-5H3,(H2,16,19,20). The summed E-state index contributed by atoms with van der Waals surface area (Å²) in [6.07, 6.45) is 0. The van der Waals surface area contributed by atoms with Crippen molar-refractivity contribution in [2.75, 3.05) is 20.6 Å². The Morgan fingerprint density at radius 2 is 1.86 bits per heavy atom. The molecule has 0 saturated heterocycles. The van der Waals surface area contributed by atoms with E-state index in [-0.39, 0.29) is 10.9 Å². The molecule has 0 saturated carbocycles. The van der Waals surface area contributed by atoms with E-state index in [4.69, 9.17) is 5.14 Å². The van der Waals surface area contributed by atoms with E-state index in [0.29, 0.717) is 12.0 Å². The molecule has 0 spiro atoms. The molecule has 6 heteroatoms. The lowest BCUT2D eigenvalue weighted by atomic mass is 10.0. The van der Waals surface area contributed by atoms with Crippen molar-refractivity contribution in [1.82, 2.24) is 10.2 Å². The van der Waals surface area contributed by atoms with Crippen LogP contribution in [-0.4, -0.2) is 40.0 Å². The van der Waals surface area contributed by atoms with E-state index in [2.05, 4.69) is 38.2 Å². The van der Waals surface area contributed by atoms with Gasteiger partial charge in [-0.25, -0.2) is 13.6 Å². The normalized spacial score (nSPS) is 15.4. The summed E-state index contributed by atoms with van der Waals surface area (Å²) in [5.74, 6) is 0.537. The Morgan fingerprint density at radius 3 is 2.33 bits per heavy atom. The van der Waals surface area contributed by atoms with E-state index in [9.17, 15) is 8.42 Å². The van der Waals surface area contributed by atoms with Gasteiger partial charge < -0.3 is 10.2 Å². The number of nitrogens with one attached hydrogen (secondary N) is 1. The number of nitrogens with zero attached hydrogens (tertiary/aromatic N) is 1. The van der Waals surface area contributed by atoms with Crippen LogP contribution in [0.5, 0.6) is 0 Å².